The molecule has 0 aliphatic heterocycles. The molecule has 0 amide bonds. The largest absolute Gasteiger partial charge is 0.467 e. The second kappa shape index (κ2) is 6.62. The minimum Gasteiger partial charge on any atom is -0.467 e. The molecule has 0 saturated carbocycles. The van der Waals surface area contributed by atoms with E-state index in [2.05, 4.69) is 4.90 Å². The van der Waals surface area contributed by atoms with E-state index in [1.165, 1.54) is 17.7 Å². The minimum atomic E-state index is -0.330. The van der Waals surface area contributed by atoms with E-state index < -0.39 is 0 Å². The first kappa shape index (κ1) is 15.9. The molecule has 0 spiro atoms. The van der Waals surface area contributed by atoms with Gasteiger partial charge >= 0.3 is 5.69 Å². The summed E-state index contributed by atoms with van der Waals surface area (Å²) in [5.41, 5.74) is 1.00. The number of hydrogen-bond acceptors (Lipinski definition) is 4. The van der Waals surface area contributed by atoms with Crippen LogP contribution in [-0.4, -0.2) is 9.13 Å². The molecule has 0 atom stereocenters. The van der Waals surface area contributed by atoms with Crippen molar-refractivity contribution in [2.75, 3.05) is 4.90 Å². The van der Waals surface area contributed by atoms with Crippen LogP contribution in [0.2, 0.25) is 0 Å². The standard InChI is InChI=1S/C18H19N3O3/c1-19-15(11-17(22)20(2)18(19)23)12-21(13-16-9-6-10-24-16)14-7-4-3-5-8-14/h3-11H,12-13H2,1-2H3. The number of furan rings is 1. The van der Waals surface area contributed by atoms with Crippen molar-refractivity contribution in [1.29, 1.82) is 0 Å². The van der Waals surface area contributed by atoms with Gasteiger partial charge in [-0.15, -0.1) is 0 Å². The Kier molecular flexibility index (Phi) is 4.37. The van der Waals surface area contributed by atoms with E-state index >= 15 is 0 Å². The molecule has 0 fully saturated rings. The maximum absolute atomic E-state index is 12.1. The molecule has 6 heteroatoms. The fourth-order valence-electron chi connectivity index (χ4n) is 2.59. The summed E-state index contributed by atoms with van der Waals surface area (Å²) >= 11 is 0. The van der Waals surface area contributed by atoms with Crippen molar-refractivity contribution >= 4 is 5.69 Å². The van der Waals surface area contributed by atoms with Gasteiger partial charge in [-0.1, -0.05) is 18.2 Å². The van der Waals surface area contributed by atoms with Crippen molar-refractivity contribution in [3.8, 4) is 0 Å². The summed E-state index contributed by atoms with van der Waals surface area (Å²) in [7, 11) is 3.15. The van der Waals surface area contributed by atoms with E-state index in [1.54, 1.807) is 13.3 Å². The monoisotopic (exact) mass is 325 g/mol. The molecule has 0 unspecified atom stereocenters. The molecule has 0 saturated heterocycles. The zero-order valence-electron chi connectivity index (χ0n) is 13.7. The van der Waals surface area contributed by atoms with Crippen LogP contribution in [0.3, 0.4) is 0 Å². The Morgan fingerprint density at radius 3 is 2.38 bits per heavy atom. The van der Waals surface area contributed by atoms with E-state index in [4.69, 9.17) is 4.42 Å². The second-order valence-electron chi connectivity index (χ2n) is 5.65. The van der Waals surface area contributed by atoms with Crippen LogP contribution < -0.4 is 16.1 Å². The third-order valence-electron chi connectivity index (χ3n) is 4.03. The van der Waals surface area contributed by atoms with E-state index in [0.717, 1.165) is 16.0 Å². The van der Waals surface area contributed by atoms with Crippen molar-refractivity contribution < 1.29 is 4.42 Å². The highest BCUT2D eigenvalue weighted by molar-refractivity contribution is 5.46. The quantitative estimate of drug-likeness (QED) is 0.719. The summed E-state index contributed by atoms with van der Waals surface area (Å²) in [6.45, 7) is 0.965. The molecule has 0 N–H and O–H groups in total. The normalized spacial score (nSPS) is 10.8. The number of para-hydroxylation sites is 1. The highest BCUT2D eigenvalue weighted by atomic mass is 16.3. The molecular weight excluding hydrogens is 306 g/mol. The molecule has 3 rings (SSSR count). The van der Waals surface area contributed by atoms with Crippen LogP contribution >= 0.6 is 0 Å². The van der Waals surface area contributed by atoms with Crippen molar-refractivity contribution in [2.45, 2.75) is 13.1 Å². The van der Waals surface area contributed by atoms with Gasteiger partial charge in [0.25, 0.3) is 5.56 Å². The van der Waals surface area contributed by atoms with Gasteiger partial charge in [0.2, 0.25) is 0 Å². The Morgan fingerprint density at radius 2 is 1.71 bits per heavy atom. The van der Waals surface area contributed by atoms with Gasteiger partial charge in [0.15, 0.2) is 0 Å². The van der Waals surface area contributed by atoms with Crippen LogP contribution in [-0.2, 0) is 27.2 Å². The number of aromatic nitrogens is 2. The Bertz CT molecular complexity index is 924. The number of hydrogen-bond donors (Lipinski definition) is 0. The summed E-state index contributed by atoms with van der Waals surface area (Å²) in [6.07, 6.45) is 1.63. The van der Waals surface area contributed by atoms with Gasteiger partial charge < -0.3 is 9.32 Å². The summed E-state index contributed by atoms with van der Waals surface area (Å²) in [5, 5.41) is 0. The SMILES string of the molecule is Cn1c(CN(Cc2ccco2)c2ccccc2)cc(=O)n(C)c1=O. The molecule has 3 aromatic rings. The average molecular weight is 325 g/mol. The number of anilines is 1. The molecule has 2 aromatic heterocycles. The van der Waals surface area contributed by atoms with E-state index in [0.29, 0.717) is 18.8 Å². The lowest BCUT2D eigenvalue weighted by Crippen LogP contribution is -2.39. The fraction of sp³-hybridized carbons (Fsp3) is 0.222. The van der Waals surface area contributed by atoms with Crippen molar-refractivity contribution in [3.05, 3.63) is 87.1 Å². The van der Waals surface area contributed by atoms with Gasteiger partial charge in [-0.25, -0.2) is 4.79 Å². The zero-order chi connectivity index (χ0) is 17.1. The third kappa shape index (κ3) is 3.17. The highest BCUT2D eigenvalue weighted by Gasteiger charge is 2.13. The maximum Gasteiger partial charge on any atom is 0.330 e. The van der Waals surface area contributed by atoms with Crippen LogP contribution in [0.4, 0.5) is 5.69 Å². The summed E-state index contributed by atoms with van der Waals surface area (Å²) in [6, 6.07) is 15.1. The smallest absolute Gasteiger partial charge is 0.330 e. The van der Waals surface area contributed by atoms with Gasteiger partial charge in [0.1, 0.15) is 5.76 Å². The average Bonchev–Trinajstić information content (AvgIpc) is 3.11. The predicted octanol–water partition coefficient (Wildman–Crippen LogP) is 1.88. The molecule has 0 aliphatic rings. The first-order valence-electron chi connectivity index (χ1n) is 7.64. The molecule has 124 valence electrons. The van der Waals surface area contributed by atoms with Gasteiger partial charge in [-0.3, -0.25) is 13.9 Å². The first-order valence-corrected chi connectivity index (χ1v) is 7.64. The van der Waals surface area contributed by atoms with Gasteiger partial charge in [0, 0.05) is 31.5 Å². The Hall–Kier alpha value is -3.02. The highest BCUT2D eigenvalue weighted by Crippen LogP contribution is 2.19. The van der Waals surface area contributed by atoms with Crippen LogP contribution in [0.5, 0.6) is 0 Å². The van der Waals surface area contributed by atoms with Crippen molar-refractivity contribution in [1.82, 2.24) is 9.13 Å². The Labute approximate surface area is 139 Å². The van der Waals surface area contributed by atoms with Gasteiger partial charge in [-0.05, 0) is 24.3 Å². The molecule has 24 heavy (non-hydrogen) atoms. The molecule has 0 radical (unpaired) electrons. The number of benzene rings is 1. The number of nitrogens with zero attached hydrogens (tertiary/aromatic N) is 3. The van der Waals surface area contributed by atoms with Crippen LogP contribution in [0, 0.1) is 0 Å². The molecule has 1 aromatic carbocycles. The third-order valence-corrected chi connectivity index (χ3v) is 4.03. The lowest BCUT2D eigenvalue weighted by atomic mass is 10.2. The van der Waals surface area contributed by atoms with Gasteiger partial charge in [-0.2, -0.15) is 0 Å². The number of rotatable bonds is 5. The second-order valence-corrected chi connectivity index (χ2v) is 5.65. The Morgan fingerprint density at radius 1 is 0.958 bits per heavy atom. The molecule has 0 bridgehead atoms. The lowest BCUT2D eigenvalue weighted by molar-refractivity contribution is 0.499. The van der Waals surface area contributed by atoms with Crippen LogP contribution in [0.15, 0.2) is 68.8 Å². The first-order chi connectivity index (χ1) is 11.6. The zero-order valence-corrected chi connectivity index (χ0v) is 13.7. The van der Waals surface area contributed by atoms with Crippen molar-refractivity contribution in [2.24, 2.45) is 14.1 Å². The maximum atomic E-state index is 12.1. The summed E-state index contributed by atoms with van der Waals surface area (Å²) in [4.78, 5) is 26.2. The predicted molar refractivity (Wildman–Crippen MR) is 92.0 cm³/mol. The van der Waals surface area contributed by atoms with Crippen LogP contribution in [0.1, 0.15) is 11.5 Å². The van der Waals surface area contributed by atoms with E-state index in [-0.39, 0.29) is 11.2 Å². The van der Waals surface area contributed by atoms with Crippen molar-refractivity contribution in [3.63, 3.8) is 0 Å². The minimum absolute atomic E-state index is 0.306. The molecular formula is C18H19N3O3. The Balaban J connectivity index is 1.98. The summed E-state index contributed by atoms with van der Waals surface area (Å²) < 4.78 is 8.04. The lowest BCUT2D eigenvalue weighted by Gasteiger charge is -2.25. The molecule has 0 aliphatic carbocycles. The van der Waals surface area contributed by atoms with Crippen LogP contribution in [0.25, 0.3) is 0 Å². The summed E-state index contributed by atoms with van der Waals surface area (Å²) in [5.74, 6) is 0.813. The van der Waals surface area contributed by atoms with E-state index in [9.17, 15) is 9.59 Å². The van der Waals surface area contributed by atoms with Gasteiger partial charge in [0.05, 0.1) is 19.4 Å². The topological polar surface area (TPSA) is 60.4 Å². The fourth-order valence-corrected chi connectivity index (χ4v) is 2.59. The molecule has 6 nitrogen and oxygen atoms in total. The van der Waals surface area contributed by atoms with E-state index in [1.807, 2.05) is 42.5 Å². The molecule has 2 heterocycles.